The molecule has 0 aliphatic heterocycles. The zero-order valence-electron chi connectivity index (χ0n) is 9.60. The highest BCUT2D eigenvalue weighted by molar-refractivity contribution is 6.14. The molecule has 1 aliphatic rings. The molecule has 0 fully saturated rings. The lowest BCUT2D eigenvalue weighted by atomic mass is 9.99. The van der Waals surface area contributed by atoms with E-state index in [9.17, 15) is 9.60 Å². The van der Waals surface area contributed by atoms with Gasteiger partial charge in [0.25, 0.3) is 0 Å². The largest absolute Gasteiger partial charge is 0.410 e. The first-order chi connectivity index (χ1) is 8.81. The SMILES string of the molecule is O/N=C1/c2cccnc2CCc2c(F)cccc21. The van der Waals surface area contributed by atoms with E-state index in [-0.39, 0.29) is 5.82 Å². The number of halogens is 1. The van der Waals surface area contributed by atoms with Crippen LogP contribution in [0.2, 0.25) is 0 Å². The molecule has 1 aromatic carbocycles. The molecular weight excluding hydrogens is 231 g/mol. The van der Waals surface area contributed by atoms with Crippen LogP contribution >= 0.6 is 0 Å². The van der Waals surface area contributed by atoms with Gasteiger partial charge in [0.2, 0.25) is 0 Å². The van der Waals surface area contributed by atoms with Crippen molar-refractivity contribution in [2.45, 2.75) is 12.8 Å². The molecular formula is C14H11FN2O. The molecule has 3 rings (SSSR count). The first-order valence-corrected chi connectivity index (χ1v) is 5.75. The van der Waals surface area contributed by atoms with Gasteiger partial charge in [0.1, 0.15) is 11.5 Å². The minimum Gasteiger partial charge on any atom is -0.410 e. The van der Waals surface area contributed by atoms with Gasteiger partial charge in [-0.05, 0) is 36.6 Å². The lowest BCUT2D eigenvalue weighted by Crippen LogP contribution is -2.07. The van der Waals surface area contributed by atoms with Gasteiger partial charge in [0.15, 0.2) is 0 Å². The smallest absolute Gasteiger partial charge is 0.127 e. The van der Waals surface area contributed by atoms with Crippen LogP contribution in [0.3, 0.4) is 0 Å². The Morgan fingerprint density at radius 2 is 1.94 bits per heavy atom. The highest BCUT2D eigenvalue weighted by Crippen LogP contribution is 2.25. The predicted octanol–water partition coefficient (Wildman–Crippen LogP) is 2.55. The maximum atomic E-state index is 13.8. The molecule has 18 heavy (non-hydrogen) atoms. The minimum absolute atomic E-state index is 0.263. The van der Waals surface area contributed by atoms with Crippen molar-refractivity contribution in [3.05, 3.63) is 64.7 Å². The van der Waals surface area contributed by atoms with E-state index in [0.717, 1.165) is 11.3 Å². The van der Waals surface area contributed by atoms with Crippen LogP contribution in [-0.2, 0) is 12.8 Å². The molecule has 0 unspecified atom stereocenters. The number of benzene rings is 1. The Hall–Kier alpha value is -2.23. The molecule has 1 aromatic heterocycles. The van der Waals surface area contributed by atoms with Crippen LogP contribution in [0, 0.1) is 5.82 Å². The van der Waals surface area contributed by atoms with E-state index in [4.69, 9.17) is 0 Å². The monoisotopic (exact) mass is 242 g/mol. The maximum Gasteiger partial charge on any atom is 0.127 e. The summed E-state index contributed by atoms with van der Waals surface area (Å²) in [5.41, 5.74) is 3.22. The van der Waals surface area contributed by atoms with Crippen molar-refractivity contribution in [3.8, 4) is 0 Å². The van der Waals surface area contributed by atoms with Gasteiger partial charge >= 0.3 is 0 Å². The van der Waals surface area contributed by atoms with E-state index in [1.54, 1.807) is 24.4 Å². The fourth-order valence-electron chi connectivity index (χ4n) is 2.38. The normalized spacial score (nSPS) is 15.9. The summed E-state index contributed by atoms with van der Waals surface area (Å²) in [6, 6.07) is 8.46. The average Bonchev–Trinajstić information content (AvgIpc) is 2.56. The molecule has 0 radical (unpaired) electrons. The highest BCUT2D eigenvalue weighted by Gasteiger charge is 2.22. The van der Waals surface area contributed by atoms with Gasteiger partial charge in [0.05, 0.1) is 5.69 Å². The summed E-state index contributed by atoms with van der Waals surface area (Å²) in [6.07, 6.45) is 2.90. The van der Waals surface area contributed by atoms with E-state index in [0.29, 0.717) is 29.7 Å². The molecule has 90 valence electrons. The van der Waals surface area contributed by atoms with Crippen molar-refractivity contribution in [1.82, 2.24) is 4.98 Å². The minimum atomic E-state index is -0.263. The standard InChI is InChI=1S/C14H11FN2O/c15-12-5-1-3-10-9(12)6-7-13-11(14(10)17-18)4-2-8-16-13/h1-5,8,18H,6-7H2/b17-14+. The van der Waals surface area contributed by atoms with Gasteiger partial charge in [0, 0.05) is 17.3 Å². The zero-order chi connectivity index (χ0) is 12.5. The van der Waals surface area contributed by atoms with E-state index in [2.05, 4.69) is 10.1 Å². The molecule has 4 heteroatoms. The lowest BCUT2D eigenvalue weighted by molar-refractivity contribution is 0.319. The van der Waals surface area contributed by atoms with Crippen LogP contribution in [0.4, 0.5) is 4.39 Å². The number of aryl methyl sites for hydroxylation is 1. The van der Waals surface area contributed by atoms with Crippen molar-refractivity contribution >= 4 is 5.71 Å². The Morgan fingerprint density at radius 3 is 2.78 bits per heavy atom. The number of hydrogen-bond acceptors (Lipinski definition) is 3. The van der Waals surface area contributed by atoms with E-state index >= 15 is 0 Å². The number of aromatic nitrogens is 1. The van der Waals surface area contributed by atoms with Crippen LogP contribution in [0.15, 0.2) is 41.7 Å². The van der Waals surface area contributed by atoms with Crippen molar-refractivity contribution < 1.29 is 9.60 Å². The van der Waals surface area contributed by atoms with Gasteiger partial charge in [-0.2, -0.15) is 0 Å². The lowest BCUT2D eigenvalue weighted by Gasteiger charge is -2.08. The third-order valence-electron chi connectivity index (χ3n) is 3.23. The summed E-state index contributed by atoms with van der Waals surface area (Å²) in [4.78, 5) is 4.28. The number of rotatable bonds is 0. The number of nitrogens with zero attached hydrogens (tertiary/aromatic N) is 2. The number of oxime groups is 1. The fourth-order valence-corrected chi connectivity index (χ4v) is 2.38. The third-order valence-corrected chi connectivity index (χ3v) is 3.23. The highest BCUT2D eigenvalue weighted by atomic mass is 19.1. The molecule has 0 saturated carbocycles. The first-order valence-electron chi connectivity index (χ1n) is 5.75. The summed E-state index contributed by atoms with van der Waals surface area (Å²) in [7, 11) is 0. The number of fused-ring (bicyclic) bond motifs is 2. The van der Waals surface area contributed by atoms with Gasteiger partial charge in [-0.1, -0.05) is 17.3 Å². The zero-order valence-corrected chi connectivity index (χ0v) is 9.60. The molecule has 1 N–H and O–H groups in total. The Labute approximate surface area is 104 Å². The van der Waals surface area contributed by atoms with Gasteiger partial charge < -0.3 is 5.21 Å². The van der Waals surface area contributed by atoms with Crippen LogP contribution in [0.25, 0.3) is 0 Å². The molecule has 0 amide bonds. The van der Waals surface area contributed by atoms with Gasteiger partial charge in [-0.15, -0.1) is 0 Å². The molecule has 0 saturated heterocycles. The molecule has 0 bridgehead atoms. The maximum absolute atomic E-state index is 13.8. The van der Waals surface area contributed by atoms with Crippen LogP contribution in [-0.4, -0.2) is 15.9 Å². The summed E-state index contributed by atoms with van der Waals surface area (Å²) >= 11 is 0. The first kappa shape index (κ1) is 10.9. The molecule has 1 aliphatic carbocycles. The predicted molar refractivity (Wildman–Crippen MR) is 65.5 cm³/mol. The second-order valence-corrected chi connectivity index (χ2v) is 4.21. The molecule has 3 nitrogen and oxygen atoms in total. The quantitative estimate of drug-likeness (QED) is 0.570. The third kappa shape index (κ3) is 1.57. The Kier molecular flexibility index (Phi) is 2.55. The Bertz CT molecular complexity index is 637. The van der Waals surface area contributed by atoms with Gasteiger partial charge in [-0.25, -0.2) is 4.39 Å². The van der Waals surface area contributed by atoms with Crippen LogP contribution < -0.4 is 0 Å². The summed E-state index contributed by atoms with van der Waals surface area (Å²) in [5.74, 6) is -0.263. The van der Waals surface area contributed by atoms with Crippen LogP contribution in [0.5, 0.6) is 0 Å². The van der Waals surface area contributed by atoms with Gasteiger partial charge in [-0.3, -0.25) is 4.98 Å². The molecule has 0 spiro atoms. The summed E-state index contributed by atoms with van der Waals surface area (Å²) in [5, 5.41) is 12.6. The van der Waals surface area contributed by atoms with E-state index < -0.39 is 0 Å². The van der Waals surface area contributed by atoms with Crippen molar-refractivity contribution in [3.63, 3.8) is 0 Å². The summed E-state index contributed by atoms with van der Waals surface area (Å²) < 4.78 is 13.8. The second-order valence-electron chi connectivity index (χ2n) is 4.21. The Balaban J connectivity index is 2.29. The van der Waals surface area contributed by atoms with E-state index in [1.807, 2.05) is 6.07 Å². The average molecular weight is 242 g/mol. The van der Waals surface area contributed by atoms with Crippen molar-refractivity contribution in [1.29, 1.82) is 0 Å². The summed E-state index contributed by atoms with van der Waals surface area (Å²) in [6.45, 7) is 0. The van der Waals surface area contributed by atoms with Crippen LogP contribution in [0.1, 0.15) is 22.4 Å². The molecule has 1 heterocycles. The van der Waals surface area contributed by atoms with Crippen molar-refractivity contribution in [2.75, 3.05) is 0 Å². The molecule has 2 aromatic rings. The van der Waals surface area contributed by atoms with Crippen molar-refractivity contribution in [2.24, 2.45) is 5.16 Å². The second kappa shape index (κ2) is 4.22. The topological polar surface area (TPSA) is 45.5 Å². The number of hydrogen-bond donors (Lipinski definition) is 1. The van der Waals surface area contributed by atoms with E-state index in [1.165, 1.54) is 6.07 Å². The molecule has 0 atom stereocenters. The number of pyridine rings is 1. The Morgan fingerprint density at radius 1 is 1.11 bits per heavy atom. The fraction of sp³-hybridized carbons (Fsp3) is 0.143.